The van der Waals surface area contributed by atoms with E-state index < -0.39 is 58.0 Å². The van der Waals surface area contributed by atoms with E-state index in [1.54, 1.807) is 55.4 Å². The van der Waals surface area contributed by atoms with E-state index in [9.17, 15) is 17.9 Å². The number of halogens is 2. The molecule has 2 aliphatic rings. The van der Waals surface area contributed by atoms with E-state index in [0.29, 0.717) is 6.42 Å². The minimum Gasteiger partial charge on any atom is -0.394 e. The van der Waals surface area contributed by atoms with Gasteiger partial charge < -0.3 is 32.7 Å². The van der Waals surface area contributed by atoms with E-state index >= 15 is 0 Å². The first-order valence-electron chi connectivity index (χ1n) is 12.7. The van der Waals surface area contributed by atoms with Crippen molar-refractivity contribution in [2.45, 2.75) is 142 Å². The lowest BCUT2D eigenvalue weighted by Gasteiger charge is -2.27. The van der Waals surface area contributed by atoms with Gasteiger partial charge in [-0.15, -0.1) is 0 Å². The topological polar surface area (TPSA) is 110 Å². The molecular formula is C23H46F2O9P2. The first-order valence-corrected chi connectivity index (χ1v) is 15.9. The number of hydrogen-bond donors (Lipinski definition) is 1. The maximum atomic E-state index is 13.7. The molecular weight excluding hydrogens is 520 g/mol. The number of aliphatic hydroxyl groups is 1. The molecule has 2 saturated heterocycles. The lowest BCUT2D eigenvalue weighted by atomic mass is 10.2. The van der Waals surface area contributed by atoms with Crippen LogP contribution in [0.5, 0.6) is 0 Å². The minimum atomic E-state index is -3.54. The molecule has 0 aromatic heterocycles. The second kappa shape index (κ2) is 15.0. The van der Waals surface area contributed by atoms with Crippen molar-refractivity contribution in [3.05, 3.63) is 0 Å². The molecule has 216 valence electrons. The maximum absolute atomic E-state index is 13.7. The van der Waals surface area contributed by atoms with Crippen LogP contribution in [0.4, 0.5) is 8.78 Å². The summed E-state index contributed by atoms with van der Waals surface area (Å²) in [6, 6.07) is 0. The minimum absolute atomic E-state index is 0.0786. The standard InChI is InChI=1S/C12H24FO4P.C11H22FO5P/c1-6-11-10(13)7-12(15-11)18(14,16-8(2)3)17-9(4)5;1-7(2)16-18(14,17-8(3)4)11-5-9(12)10(6-13)15-11/h8-12H,6-7H2,1-5H3;7-11,13H,5-6H2,1-4H3/t10-,11-,12+;9-,10-,11+/m11/s1. The fraction of sp³-hybridized carbons (Fsp3) is 1.00. The van der Waals surface area contributed by atoms with Crippen molar-refractivity contribution in [1.82, 2.24) is 0 Å². The van der Waals surface area contributed by atoms with Crippen molar-refractivity contribution in [2.24, 2.45) is 0 Å². The van der Waals surface area contributed by atoms with Crippen molar-refractivity contribution in [3.63, 3.8) is 0 Å². The van der Waals surface area contributed by atoms with Crippen molar-refractivity contribution in [3.8, 4) is 0 Å². The quantitative estimate of drug-likeness (QED) is 0.270. The number of ether oxygens (including phenoxy) is 2. The molecule has 0 aromatic rings. The summed E-state index contributed by atoms with van der Waals surface area (Å²) in [6.07, 6.45) is -4.48. The summed E-state index contributed by atoms with van der Waals surface area (Å²) in [6.45, 7) is 15.4. The van der Waals surface area contributed by atoms with E-state index in [1.165, 1.54) is 0 Å². The SMILES string of the molecule is CC(C)OP(=O)(OC(C)C)[C@H]1C[C@@H](F)[C@@H](CO)O1.CC[C@H]1O[C@@H](P(=O)(OC(C)C)OC(C)C)C[C@H]1F. The molecule has 2 aliphatic heterocycles. The molecule has 2 fully saturated rings. The third-order valence-electron chi connectivity index (χ3n) is 5.04. The van der Waals surface area contributed by atoms with Gasteiger partial charge in [0, 0.05) is 12.8 Å². The van der Waals surface area contributed by atoms with E-state index in [1.807, 2.05) is 6.92 Å². The van der Waals surface area contributed by atoms with Crippen LogP contribution in [0.15, 0.2) is 0 Å². The van der Waals surface area contributed by atoms with Crippen molar-refractivity contribution < 1.29 is 50.6 Å². The van der Waals surface area contributed by atoms with Crippen molar-refractivity contribution in [1.29, 1.82) is 0 Å². The maximum Gasteiger partial charge on any atom is 0.359 e. The molecule has 0 radical (unpaired) electrons. The van der Waals surface area contributed by atoms with Gasteiger partial charge in [0.1, 0.15) is 18.4 Å². The van der Waals surface area contributed by atoms with E-state index in [0.717, 1.165) is 0 Å². The third-order valence-corrected chi connectivity index (χ3v) is 9.98. The summed E-state index contributed by atoms with van der Waals surface area (Å²) in [5.74, 6) is -1.74. The zero-order valence-electron chi connectivity index (χ0n) is 23.0. The first kappa shape index (κ1) is 34.1. The fourth-order valence-electron chi connectivity index (χ4n) is 3.79. The van der Waals surface area contributed by atoms with Crippen LogP contribution in [-0.2, 0) is 36.7 Å². The Bertz CT molecular complexity index is 650. The van der Waals surface area contributed by atoms with Gasteiger partial charge >= 0.3 is 15.2 Å². The Labute approximate surface area is 214 Å². The van der Waals surface area contributed by atoms with Crippen LogP contribution >= 0.6 is 15.2 Å². The molecule has 0 bridgehead atoms. The van der Waals surface area contributed by atoms with E-state index in [2.05, 4.69) is 0 Å². The predicted octanol–water partition coefficient (Wildman–Crippen LogP) is 6.37. The number of alkyl halides is 2. The second-order valence-corrected chi connectivity index (χ2v) is 14.2. The fourth-order valence-corrected chi connectivity index (χ4v) is 8.31. The molecule has 0 amide bonds. The smallest absolute Gasteiger partial charge is 0.359 e. The molecule has 13 heteroatoms. The highest BCUT2D eigenvalue weighted by atomic mass is 31.2. The molecule has 6 atom stereocenters. The Morgan fingerprint density at radius 3 is 1.25 bits per heavy atom. The van der Waals surface area contributed by atoms with Gasteiger partial charge in [-0.1, -0.05) is 6.92 Å². The Morgan fingerprint density at radius 2 is 1.03 bits per heavy atom. The Kier molecular flexibility index (Phi) is 14.2. The summed E-state index contributed by atoms with van der Waals surface area (Å²) < 4.78 is 84.8. The van der Waals surface area contributed by atoms with Crippen molar-refractivity contribution in [2.75, 3.05) is 6.61 Å². The number of rotatable bonds is 12. The van der Waals surface area contributed by atoms with Gasteiger partial charge in [0.05, 0.1) is 37.1 Å². The Morgan fingerprint density at radius 1 is 0.722 bits per heavy atom. The van der Waals surface area contributed by atoms with Gasteiger partial charge in [0.2, 0.25) is 0 Å². The van der Waals surface area contributed by atoms with Crippen LogP contribution < -0.4 is 0 Å². The van der Waals surface area contributed by atoms with Crippen LogP contribution in [-0.4, -0.2) is 72.4 Å². The van der Waals surface area contributed by atoms with Crippen LogP contribution in [0.25, 0.3) is 0 Å². The molecule has 0 saturated carbocycles. The Hall–Kier alpha value is 0.0400. The monoisotopic (exact) mass is 566 g/mol. The van der Waals surface area contributed by atoms with Gasteiger partial charge in [-0.25, -0.2) is 8.78 Å². The highest BCUT2D eigenvalue weighted by Gasteiger charge is 2.49. The first-order chi connectivity index (χ1) is 16.6. The summed E-state index contributed by atoms with van der Waals surface area (Å²) in [5, 5.41) is 8.95. The average Bonchev–Trinajstić information content (AvgIpc) is 3.28. The van der Waals surface area contributed by atoms with Gasteiger partial charge in [-0.3, -0.25) is 9.13 Å². The molecule has 0 unspecified atom stereocenters. The Balaban J connectivity index is 0.000000360. The van der Waals surface area contributed by atoms with Crippen LogP contribution in [0.3, 0.4) is 0 Å². The summed E-state index contributed by atoms with van der Waals surface area (Å²) in [7, 11) is -6.97. The molecule has 9 nitrogen and oxygen atoms in total. The molecule has 36 heavy (non-hydrogen) atoms. The van der Waals surface area contributed by atoms with Crippen LogP contribution in [0, 0.1) is 0 Å². The van der Waals surface area contributed by atoms with Gasteiger partial charge in [0.25, 0.3) is 0 Å². The second-order valence-electron chi connectivity index (χ2n) is 10.0. The number of hydrogen-bond acceptors (Lipinski definition) is 9. The van der Waals surface area contributed by atoms with Gasteiger partial charge in [0.15, 0.2) is 11.7 Å². The molecule has 0 aliphatic carbocycles. The highest BCUT2D eigenvalue weighted by Crippen LogP contribution is 2.60. The molecule has 1 N–H and O–H groups in total. The van der Waals surface area contributed by atoms with E-state index in [-0.39, 0.29) is 37.3 Å². The summed E-state index contributed by atoms with van der Waals surface area (Å²) in [5.41, 5.74) is 0. The normalized spacial score (nSPS) is 29.4. The highest BCUT2D eigenvalue weighted by molar-refractivity contribution is 7.54. The van der Waals surface area contributed by atoms with Crippen LogP contribution in [0.2, 0.25) is 0 Å². The lowest BCUT2D eigenvalue weighted by Crippen LogP contribution is -2.22. The summed E-state index contributed by atoms with van der Waals surface area (Å²) >= 11 is 0. The predicted molar refractivity (Wildman–Crippen MR) is 134 cm³/mol. The third kappa shape index (κ3) is 10.3. The van der Waals surface area contributed by atoms with E-state index in [4.69, 9.17) is 32.7 Å². The average molecular weight is 567 g/mol. The van der Waals surface area contributed by atoms with Gasteiger partial charge in [-0.2, -0.15) is 0 Å². The lowest BCUT2D eigenvalue weighted by molar-refractivity contribution is 0.00303. The van der Waals surface area contributed by atoms with Gasteiger partial charge in [-0.05, 0) is 61.8 Å². The zero-order valence-corrected chi connectivity index (χ0v) is 24.8. The summed E-state index contributed by atoms with van der Waals surface area (Å²) in [4.78, 5) is 0. The van der Waals surface area contributed by atoms with Crippen LogP contribution in [0.1, 0.15) is 81.6 Å². The largest absolute Gasteiger partial charge is 0.394 e. The molecule has 0 aromatic carbocycles. The zero-order chi connectivity index (χ0) is 27.8. The number of aliphatic hydroxyl groups excluding tert-OH is 1. The molecule has 2 heterocycles. The van der Waals surface area contributed by atoms with Crippen molar-refractivity contribution >= 4 is 15.2 Å². The molecule has 0 spiro atoms. The molecule has 2 rings (SSSR count).